The summed E-state index contributed by atoms with van der Waals surface area (Å²) in [5, 5.41) is 0. The van der Waals surface area contributed by atoms with Crippen LogP contribution >= 0.6 is 0 Å². The van der Waals surface area contributed by atoms with E-state index in [4.69, 9.17) is 4.74 Å². The zero-order chi connectivity index (χ0) is 12.6. The molecule has 0 aliphatic carbocycles. The van der Waals surface area contributed by atoms with Crippen LogP contribution in [0.3, 0.4) is 0 Å². The van der Waals surface area contributed by atoms with Crippen LogP contribution in [0.2, 0.25) is 0 Å². The van der Waals surface area contributed by atoms with E-state index in [1.54, 1.807) is 6.92 Å². The summed E-state index contributed by atoms with van der Waals surface area (Å²) in [5.41, 5.74) is 5.11. The first-order valence-electron chi connectivity index (χ1n) is 6.10. The first kappa shape index (κ1) is 12.3. The average Bonchev–Trinajstić information content (AvgIpc) is 2.11. The molecule has 0 N–H and O–H groups in total. The zero-order valence-corrected chi connectivity index (χ0v) is 11.1. The minimum absolute atomic E-state index is 0.0618. The predicted octanol–water partition coefficient (Wildman–Crippen LogP) is 2.86. The van der Waals surface area contributed by atoms with Gasteiger partial charge in [-0.1, -0.05) is 17.7 Å². The van der Waals surface area contributed by atoms with Crippen molar-refractivity contribution in [1.29, 1.82) is 0 Å². The highest BCUT2D eigenvalue weighted by atomic mass is 16.5. The lowest BCUT2D eigenvalue weighted by Crippen LogP contribution is -2.49. The molecule has 0 aromatic heterocycles. The first-order chi connectivity index (χ1) is 7.94. The number of ether oxygens (including phenoxy) is 1. The van der Waals surface area contributed by atoms with Gasteiger partial charge in [0.05, 0.1) is 13.2 Å². The number of ketones is 1. The summed E-state index contributed by atoms with van der Waals surface area (Å²) in [7, 11) is 0. The Labute approximate surface area is 103 Å². The van der Waals surface area contributed by atoms with Gasteiger partial charge in [0.15, 0.2) is 0 Å². The van der Waals surface area contributed by atoms with E-state index in [1.807, 2.05) is 0 Å². The van der Waals surface area contributed by atoms with Crippen molar-refractivity contribution >= 4 is 5.78 Å². The third-order valence-electron chi connectivity index (χ3n) is 3.55. The molecule has 0 radical (unpaired) electrons. The summed E-state index contributed by atoms with van der Waals surface area (Å²) in [5.74, 6) is 0.243. The van der Waals surface area contributed by atoms with E-state index in [2.05, 4.69) is 32.9 Å². The molecule has 1 aliphatic heterocycles. The predicted molar refractivity (Wildman–Crippen MR) is 68.4 cm³/mol. The van der Waals surface area contributed by atoms with Crippen molar-refractivity contribution in [3.05, 3.63) is 34.4 Å². The monoisotopic (exact) mass is 232 g/mol. The van der Waals surface area contributed by atoms with Gasteiger partial charge in [0.1, 0.15) is 5.78 Å². The van der Waals surface area contributed by atoms with Gasteiger partial charge < -0.3 is 4.74 Å². The third-order valence-corrected chi connectivity index (χ3v) is 3.55. The molecule has 1 aromatic rings. The van der Waals surface area contributed by atoms with Crippen LogP contribution in [-0.4, -0.2) is 19.0 Å². The SMILES string of the molecule is CC(=O)CC1(c2c(C)cc(C)cc2C)COC1. The summed E-state index contributed by atoms with van der Waals surface area (Å²) in [6.07, 6.45) is 0.595. The second-order valence-electron chi connectivity index (χ2n) is 5.43. The minimum Gasteiger partial charge on any atom is -0.379 e. The quantitative estimate of drug-likeness (QED) is 0.801. The van der Waals surface area contributed by atoms with E-state index in [9.17, 15) is 4.79 Å². The van der Waals surface area contributed by atoms with Crippen molar-refractivity contribution in [3.8, 4) is 0 Å². The Morgan fingerprint density at radius 3 is 2.12 bits per heavy atom. The van der Waals surface area contributed by atoms with Crippen LogP contribution in [0.15, 0.2) is 12.1 Å². The van der Waals surface area contributed by atoms with E-state index >= 15 is 0 Å². The molecule has 1 aromatic carbocycles. The van der Waals surface area contributed by atoms with Gasteiger partial charge in [-0.15, -0.1) is 0 Å². The maximum absolute atomic E-state index is 11.5. The van der Waals surface area contributed by atoms with Gasteiger partial charge in [0.2, 0.25) is 0 Å². The molecular weight excluding hydrogens is 212 g/mol. The van der Waals surface area contributed by atoms with Crippen molar-refractivity contribution < 1.29 is 9.53 Å². The lowest BCUT2D eigenvalue weighted by atomic mass is 9.71. The molecule has 0 spiro atoms. The van der Waals surface area contributed by atoms with Crippen LogP contribution in [0.1, 0.15) is 35.6 Å². The maximum atomic E-state index is 11.5. The number of aryl methyl sites for hydroxylation is 3. The van der Waals surface area contributed by atoms with E-state index in [-0.39, 0.29) is 11.2 Å². The summed E-state index contributed by atoms with van der Waals surface area (Å²) in [4.78, 5) is 11.5. The molecule has 1 aliphatic rings. The average molecular weight is 232 g/mol. The van der Waals surface area contributed by atoms with E-state index in [0.29, 0.717) is 19.6 Å². The highest BCUT2D eigenvalue weighted by Crippen LogP contribution is 2.39. The zero-order valence-electron chi connectivity index (χ0n) is 11.1. The Hall–Kier alpha value is -1.15. The van der Waals surface area contributed by atoms with Crippen LogP contribution in [0, 0.1) is 20.8 Å². The molecule has 0 saturated carbocycles. The molecule has 17 heavy (non-hydrogen) atoms. The summed E-state index contributed by atoms with van der Waals surface area (Å²) < 4.78 is 5.38. The molecule has 1 fully saturated rings. The standard InChI is InChI=1S/C15H20O2/c1-10-5-11(2)14(12(3)6-10)15(7-13(4)16)8-17-9-15/h5-6H,7-9H2,1-4H3. The normalized spacial score (nSPS) is 17.6. The molecule has 2 rings (SSSR count). The summed E-state index contributed by atoms with van der Waals surface area (Å²) in [6.45, 7) is 9.40. The van der Waals surface area contributed by atoms with Crippen LogP contribution in [0.5, 0.6) is 0 Å². The van der Waals surface area contributed by atoms with Crippen LogP contribution in [0.25, 0.3) is 0 Å². The first-order valence-corrected chi connectivity index (χ1v) is 6.10. The molecule has 2 nitrogen and oxygen atoms in total. The van der Waals surface area contributed by atoms with Crippen LogP contribution < -0.4 is 0 Å². The molecule has 1 saturated heterocycles. The molecule has 92 valence electrons. The molecular formula is C15H20O2. The highest BCUT2D eigenvalue weighted by Gasteiger charge is 2.43. The Bertz CT molecular complexity index is 433. The lowest BCUT2D eigenvalue weighted by molar-refractivity contribution is -0.125. The minimum atomic E-state index is -0.0618. The maximum Gasteiger partial charge on any atom is 0.130 e. The number of carbonyl (C=O) groups excluding carboxylic acids is 1. The third kappa shape index (κ3) is 2.14. The van der Waals surface area contributed by atoms with Crippen molar-refractivity contribution in [1.82, 2.24) is 0 Å². The second kappa shape index (κ2) is 4.26. The van der Waals surface area contributed by atoms with Crippen molar-refractivity contribution in [2.45, 2.75) is 39.5 Å². The number of Topliss-reactive ketones (excluding diaryl/α,β-unsaturated/α-hetero) is 1. The Morgan fingerprint density at radius 2 is 1.76 bits per heavy atom. The fourth-order valence-corrected chi connectivity index (χ4v) is 3.18. The van der Waals surface area contributed by atoms with E-state index < -0.39 is 0 Å². The van der Waals surface area contributed by atoms with Crippen molar-refractivity contribution in [2.75, 3.05) is 13.2 Å². The van der Waals surface area contributed by atoms with E-state index in [1.165, 1.54) is 22.3 Å². The summed E-state index contributed by atoms with van der Waals surface area (Å²) in [6, 6.07) is 4.39. The van der Waals surface area contributed by atoms with Crippen molar-refractivity contribution in [3.63, 3.8) is 0 Å². The number of benzene rings is 1. The molecule has 1 heterocycles. The molecule has 0 unspecified atom stereocenters. The van der Waals surface area contributed by atoms with Crippen LogP contribution in [0.4, 0.5) is 0 Å². The lowest BCUT2D eigenvalue weighted by Gasteiger charge is -2.43. The number of hydrogen-bond donors (Lipinski definition) is 0. The van der Waals surface area contributed by atoms with Gasteiger partial charge in [-0.25, -0.2) is 0 Å². The second-order valence-corrected chi connectivity index (χ2v) is 5.43. The van der Waals surface area contributed by atoms with Crippen molar-refractivity contribution in [2.24, 2.45) is 0 Å². The van der Waals surface area contributed by atoms with E-state index in [0.717, 1.165) is 0 Å². The molecule has 0 bridgehead atoms. The smallest absolute Gasteiger partial charge is 0.130 e. The number of hydrogen-bond acceptors (Lipinski definition) is 2. The fourth-order valence-electron chi connectivity index (χ4n) is 3.18. The largest absolute Gasteiger partial charge is 0.379 e. The summed E-state index contributed by atoms with van der Waals surface area (Å²) >= 11 is 0. The highest BCUT2D eigenvalue weighted by molar-refractivity contribution is 5.77. The molecule has 0 amide bonds. The van der Waals surface area contributed by atoms with Gasteiger partial charge in [-0.3, -0.25) is 4.79 Å². The van der Waals surface area contributed by atoms with Gasteiger partial charge in [0.25, 0.3) is 0 Å². The molecule has 2 heteroatoms. The van der Waals surface area contributed by atoms with Crippen LogP contribution in [-0.2, 0) is 14.9 Å². The Balaban J connectivity index is 2.47. The fraction of sp³-hybridized carbons (Fsp3) is 0.533. The van der Waals surface area contributed by atoms with Gasteiger partial charge in [-0.05, 0) is 44.4 Å². The number of rotatable bonds is 3. The van der Waals surface area contributed by atoms with Gasteiger partial charge >= 0.3 is 0 Å². The Kier molecular flexibility index (Phi) is 3.09. The Morgan fingerprint density at radius 1 is 1.24 bits per heavy atom. The van der Waals surface area contributed by atoms with Gasteiger partial charge in [0, 0.05) is 11.8 Å². The molecule has 0 atom stereocenters. The topological polar surface area (TPSA) is 26.3 Å². The number of carbonyl (C=O) groups is 1. The van der Waals surface area contributed by atoms with Gasteiger partial charge in [-0.2, -0.15) is 0 Å².